The monoisotopic (exact) mass is 667 g/mol. The van der Waals surface area contributed by atoms with Crippen LogP contribution in [0, 0.1) is 5.82 Å². The number of para-hydroxylation sites is 1. The number of piperidine rings is 1. The van der Waals surface area contributed by atoms with Gasteiger partial charge in [0, 0.05) is 69.5 Å². The topological polar surface area (TPSA) is 85.4 Å². The molecule has 3 heterocycles. The summed E-state index contributed by atoms with van der Waals surface area (Å²) < 4.78 is 19.4. The number of aldehydes is 1. The lowest BCUT2D eigenvalue weighted by molar-refractivity contribution is -0.124. The SMILES string of the molecule is O=CC[C@@]1(N2CCN(c3ccc(F)cc3)CC2)C[C@H](N2CCc3ccccc3NC2=O)CCN1C(=O)OCc1ccc(Cl)c(Cl)c1. The third-order valence-electron chi connectivity index (χ3n) is 9.37. The van der Waals surface area contributed by atoms with Gasteiger partial charge in [0.25, 0.3) is 0 Å². The maximum Gasteiger partial charge on any atom is 0.411 e. The van der Waals surface area contributed by atoms with E-state index >= 15 is 0 Å². The van der Waals surface area contributed by atoms with Crippen molar-refractivity contribution < 1.29 is 23.5 Å². The summed E-state index contributed by atoms with van der Waals surface area (Å²) >= 11 is 12.2. The third-order valence-corrected chi connectivity index (χ3v) is 10.1. The first-order valence-corrected chi connectivity index (χ1v) is 16.3. The van der Waals surface area contributed by atoms with E-state index < -0.39 is 11.8 Å². The number of anilines is 2. The van der Waals surface area contributed by atoms with Gasteiger partial charge in [-0.25, -0.2) is 14.0 Å². The highest BCUT2D eigenvalue weighted by molar-refractivity contribution is 6.42. The Morgan fingerprint density at radius 1 is 0.978 bits per heavy atom. The lowest BCUT2D eigenvalue weighted by Gasteiger charge is -2.56. The van der Waals surface area contributed by atoms with Crippen molar-refractivity contribution >= 4 is 53.0 Å². The quantitative estimate of drug-likeness (QED) is 0.292. The summed E-state index contributed by atoms with van der Waals surface area (Å²) in [5.74, 6) is -0.295. The van der Waals surface area contributed by atoms with Gasteiger partial charge in [-0.1, -0.05) is 47.5 Å². The van der Waals surface area contributed by atoms with Crippen LogP contribution in [0.2, 0.25) is 10.0 Å². The number of halogens is 3. The number of nitrogens with zero attached hydrogens (tertiary/aromatic N) is 4. The first-order chi connectivity index (χ1) is 22.3. The zero-order valence-electron chi connectivity index (χ0n) is 25.3. The van der Waals surface area contributed by atoms with Gasteiger partial charge in [-0.2, -0.15) is 0 Å². The fourth-order valence-corrected chi connectivity index (χ4v) is 7.30. The number of fused-ring (bicyclic) bond motifs is 1. The van der Waals surface area contributed by atoms with Crippen LogP contribution in [-0.2, 0) is 22.6 Å². The zero-order chi connectivity index (χ0) is 32.3. The van der Waals surface area contributed by atoms with Gasteiger partial charge in [0.15, 0.2) is 0 Å². The molecule has 12 heteroatoms. The molecule has 2 fully saturated rings. The zero-order valence-corrected chi connectivity index (χ0v) is 26.9. The van der Waals surface area contributed by atoms with E-state index in [2.05, 4.69) is 15.1 Å². The lowest BCUT2D eigenvalue weighted by atomic mass is 9.86. The Kier molecular flexibility index (Phi) is 9.67. The summed E-state index contributed by atoms with van der Waals surface area (Å²) in [5, 5.41) is 3.83. The number of nitrogens with one attached hydrogen (secondary N) is 1. The van der Waals surface area contributed by atoms with Gasteiger partial charge in [0.1, 0.15) is 24.4 Å². The molecule has 0 unspecified atom stereocenters. The van der Waals surface area contributed by atoms with Crippen LogP contribution in [0.3, 0.4) is 0 Å². The molecule has 3 aromatic rings. The number of benzene rings is 3. The van der Waals surface area contributed by atoms with Gasteiger partial charge in [-0.05, 0) is 66.4 Å². The van der Waals surface area contributed by atoms with E-state index in [4.69, 9.17) is 27.9 Å². The molecule has 6 rings (SSSR count). The predicted molar refractivity (Wildman–Crippen MR) is 176 cm³/mol. The maximum absolute atomic E-state index is 13.9. The molecular weight excluding hydrogens is 632 g/mol. The van der Waals surface area contributed by atoms with E-state index in [-0.39, 0.29) is 30.9 Å². The van der Waals surface area contributed by atoms with Gasteiger partial charge in [0.05, 0.1) is 10.0 Å². The molecule has 2 atom stereocenters. The summed E-state index contributed by atoms with van der Waals surface area (Å²) in [7, 11) is 0. The standard InChI is InChI=1S/C34H36Cl2FN5O4/c35-29-10-5-24(21-30(29)36)23-46-33(45)42-15-12-28(41-14-11-25-3-1-2-4-31(25)38-32(41)44)22-34(42,13-20-43)40-18-16-39(17-19-40)27-8-6-26(37)7-9-27/h1-10,20-21,28H,11-19,22-23H2,(H,38,44)/t28-,34+/m1/s1. The lowest BCUT2D eigenvalue weighted by Crippen LogP contribution is -2.71. The molecule has 3 aliphatic heterocycles. The van der Waals surface area contributed by atoms with E-state index in [9.17, 15) is 18.8 Å². The number of piperazine rings is 1. The third kappa shape index (κ3) is 6.65. The molecule has 46 heavy (non-hydrogen) atoms. The van der Waals surface area contributed by atoms with E-state index in [1.165, 1.54) is 12.1 Å². The molecule has 0 saturated carbocycles. The maximum atomic E-state index is 13.9. The molecule has 1 N–H and O–H groups in total. The molecule has 242 valence electrons. The Balaban J connectivity index is 1.26. The van der Waals surface area contributed by atoms with E-state index in [0.29, 0.717) is 74.1 Å². The minimum Gasteiger partial charge on any atom is -0.444 e. The van der Waals surface area contributed by atoms with Gasteiger partial charge in [0.2, 0.25) is 0 Å². The van der Waals surface area contributed by atoms with Crippen molar-refractivity contribution in [2.75, 3.05) is 49.5 Å². The number of ether oxygens (including phenoxy) is 1. The minimum atomic E-state index is -1.02. The van der Waals surface area contributed by atoms with E-state index in [1.54, 1.807) is 35.2 Å². The van der Waals surface area contributed by atoms with Gasteiger partial charge < -0.3 is 24.6 Å². The molecule has 3 aromatic carbocycles. The molecular formula is C34H36Cl2FN5O4. The van der Waals surface area contributed by atoms with Crippen molar-refractivity contribution in [2.45, 2.75) is 44.0 Å². The fraction of sp³-hybridized carbons (Fsp3) is 0.382. The summed E-state index contributed by atoms with van der Waals surface area (Å²) in [5.41, 5.74) is 2.44. The summed E-state index contributed by atoms with van der Waals surface area (Å²) in [6.45, 7) is 3.12. The van der Waals surface area contributed by atoms with E-state index in [0.717, 1.165) is 23.2 Å². The van der Waals surface area contributed by atoms with Crippen LogP contribution in [-0.4, -0.2) is 84.1 Å². The van der Waals surface area contributed by atoms with Crippen LogP contribution in [0.25, 0.3) is 0 Å². The Labute approximate surface area is 277 Å². The average molecular weight is 669 g/mol. The van der Waals surface area contributed by atoms with Crippen LogP contribution in [0.15, 0.2) is 66.7 Å². The number of likely N-dealkylation sites (tertiary alicyclic amines) is 1. The number of amides is 3. The molecule has 0 aromatic heterocycles. The summed E-state index contributed by atoms with van der Waals surface area (Å²) in [6.07, 6.45) is 1.97. The number of carbonyl (C=O) groups excluding carboxylic acids is 3. The molecule has 9 nitrogen and oxygen atoms in total. The molecule has 2 saturated heterocycles. The van der Waals surface area contributed by atoms with Crippen LogP contribution in [0.4, 0.5) is 25.4 Å². The van der Waals surface area contributed by atoms with Crippen LogP contribution in [0.5, 0.6) is 0 Å². The molecule has 0 radical (unpaired) electrons. The van der Waals surface area contributed by atoms with Crippen LogP contribution >= 0.6 is 23.2 Å². The Hall–Kier alpha value is -3.86. The predicted octanol–water partition coefficient (Wildman–Crippen LogP) is 6.43. The van der Waals surface area contributed by atoms with Crippen LogP contribution < -0.4 is 10.2 Å². The van der Waals surface area contributed by atoms with E-state index in [1.807, 2.05) is 29.2 Å². The first-order valence-electron chi connectivity index (χ1n) is 15.5. The second kappa shape index (κ2) is 13.9. The van der Waals surface area contributed by atoms with Crippen LogP contribution in [0.1, 0.15) is 30.4 Å². The number of urea groups is 1. The van der Waals surface area contributed by atoms with Crippen molar-refractivity contribution in [3.05, 3.63) is 93.7 Å². The van der Waals surface area contributed by atoms with Gasteiger partial charge >= 0.3 is 12.1 Å². The second-order valence-electron chi connectivity index (χ2n) is 11.9. The minimum absolute atomic E-state index is 0.0159. The Morgan fingerprint density at radius 3 is 2.48 bits per heavy atom. The Bertz CT molecular complexity index is 1590. The highest BCUT2D eigenvalue weighted by Crippen LogP contribution is 2.39. The summed E-state index contributed by atoms with van der Waals surface area (Å²) in [6, 6.07) is 18.8. The highest BCUT2D eigenvalue weighted by atomic mass is 35.5. The fourth-order valence-electron chi connectivity index (χ4n) is 6.98. The van der Waals surface area contributed by atoms with Gasteiger partial charge in [-0.15, -0.1) is 0 Å². The largest absolute Gasteiger partial charge is 0.444 e. The number of hydrogen-bond acceptors (Lipinski definition) is 6. The van der Waals surface area contributed by atoms with Crippen molar-refractivity contribution in [1.82, 2.24) is 14.7 Å². The van der Waals surface area contributed by atoms with Crippen molar-refractivity contribution in [3.63, 3.8) is 0 Å². The summed E-state index contributed by atoms with van der Waals surface area (Å²) in [4.78, 5) is 47.7. The smallest absolute Gasteiger partial charge is 0.411 e. The van der Waals surface area contributed by atoms with Gasteiger partial charge in [-0.3, -0.25) is 9.80 Å². The first kappa shape index (κ1) is 32.1. The molecule has 0 aliphatic carbocycles. The molecule has 0 spiro atoms. The second-order valence-corrected chi connectivity index (χ2v) is 12.8. The van der Waals surface area contributed by atoms with Crippen molar-refractivity contribution in [2.24, 2.45) is 0 Å². The number of rotatable bonds is 7. The normalized spacial score (nSPS) is 22.1. The highest BCUT2D eigenvalue weighted by Gasteiger charge is 2.51. The molecule has 0 bridgehead atoms. The van der Waals surface area contributed by atoms with Crippen molar-refractivity contribution in [1.29, 1.82) is 0 Å². The Morgan fingerprint density at radius 2 is 1.74 bits per heavy atom. The molecule has 3 amide bonds. The number of carbonyl (C=O) groups is 3. The average Bonchev–Trinajstić information content (AvgIpc) is 3.23. The van der Waals surface area contributed by atoms with Crippen molar-refractivity contribution in [3.8, 4) is 0 Å². The molecule has 3 aliphatic rings. The number of hydrogen-bond donors (Lipinski definition) is 1.